The molecule has 3 aliphatic rings. The number of fused-ring (bicyclic) bond motifs is 2. The van der Waals surface area contributed by atoms with Crippen LogP contribution in [0, 0.1) is 18.8 Å². The molecule has 1 aromatic rings. The molecule has 132 valence electrons. The van der Waals surface area contributed by atoms with Gasteiger partial charge in [-0.2, -0.15) is 0 Å². The van der Waals surface area contributed by atoms with Crippen molar-refractivity contribution in [3.05, 3.63) is 17.0 Å². The summed E-state index contributed by atoms with van der Waals surface area (Å²) in [5, 5.41) is 3.47. The molecular weight excluding hydrogens is 300 g/mol. The third-order valence-corrected chi connectivity index (χ3v) is 5.64. The zero-order chi connectivity index (χ0) is 16.7. The van der Waals surface area contributed by atoms with Gasteiger partial charge in [0.1, 0.15) is 0 Å². The first kappa shape index (κ1) is 16.3. The first-order valence-electron chi connectivity index (χ1n) is 9.48. The number of hydrogen-bond acceptors (Lipinski definition) is 5. The smallest absolute Gasteiger partial charge is 0.223 e. The molecule has 1 saturated heterocycles. The highest BCUT2D eigenvalue weighted by Gasteiger charge is 2.45. The standard InChI is InChI=1S/C19H30N4O/c1-13(2)9-23-7-6-19(11-23)12-24-10-16-14(3)21-18(22-17(16)19)20-8-15-4-5-15/h13,15H,4-12H2,1-3H3,(H,20,21,22). The van der Waals surface area contributed by atoms with Crippen LogP contribution in [-0.4, -0.2) is 47.7 Å². The second kappa shape index (κ2) is 6.26. The lowest BCUT2D eigenvalue weighted by Crippen LogP contribution is -2.41. The summed E-state index contributed by atoms with van der Waals surface area (Å²) in [6.07, 6.45) is 3.84. The van der Waals surface area contributed by atoms with Crippen LogP contribution in [0.15, 0.2) is 0 Å². The van der Waals surface area contributed by atoms with Gasteiger partial charge in [0.25, 0.3) is 0 Å². The van der Waals surface area contributed by atoms with Gasteiger partial charge in [-0.3, -0.25) is 0 Å². The molecule has 1 unspecified atom stereocenters. The van der Waals surface area contributed by atoms with Crippen molar-refractivity contribution in [2.45, 2.75) is 52.1 Å². The predicted octanol–water partition coefficient (Wildman–Crippen LogP) is 2.74. The summed E-state index contributed by atoms with van der Waals surface area (Å²) < 4.78 is 5.99. The number of nitrogens with zero attached hydrogens (tertiary/aromatic N) is 3. The lowest BCUT2D eigenvalue weighted by Gasteiger charge is -2.35. The Hall–Kier alpha value is -1.20. The summed E-state index contributed by atoms with van der Waals surface area (Å²) in [5.41, 5.74) is 3.63. The summed E-state index contributed by atoms with van der Waals surface area (Å²) in [6, 6.07) is 0. The van der Waals surface area contributed by atoms with E-state index in [0.29, 0.717) is 12.5 Å². The third-order valence-electron chi connectivity index (χ3n) is 5.64. The van der Waals surface area contributed by atoms with Gasteiger partial charge in [0.2, 0.25) is 5.95 Å². The normalized spacial score (nSPS) is 27.0. The molecule has 4 rings (SSSR count). The molecule has 0 radical (unpaired) electrons. The summed E-state index contributed by atoms with van der Waals surface area (Å²) in [5.74, 6) is 2.35. The molecule has 0 amide bonds. The molecule has 0 bridgehead atoms. The maximum Gasteiger partial charge on any atom is 0.223 e. The molecular formula is C19H30N4O. The Bertz CT molecular complexity index is 614. The van der Waals surface area contributed by atoms with E-state index in [-0.39, 0.29) is 5.41 Å². The van der Waals surface area contributed by atoms with Gasteiger partial charge in [-0.05, 0) is 44.6 Å². The summed E-state index contributed by atoms with van der Waals surface area (Å²) in [4.78, 5) is 12.3. The summed E-state index contributed by atoms with van der Waals surface area (Å²) >= 11 is 0. The van der Waals surface area contributed by atoms with E-state index in [9.17, 15) is 0 Å². The topological polar surface area (TPSA) is 50.3 Å². The van der Waals surface area contributed by atoms with Crippen LogP contribution in [-0.2, 0) is 16.8 Å². The van der Waals surface area contributed by atoms with Crippen LogP contribution in [0.3, 0.4) is 0 Å². The number of anilines is 1. The average molecular weight is 330 g/mol. The van der Waals surface area contributed by atoms with Gasteiger partial charge < -0.3 is 15.0 Å². The SMILES string of the molecule is Cc1nc(NCC2CC2)nc2c1COCC21CCN(CC(C)C)C1. The number of hydrogen-bond donors (Lipinski definition) is 1. The fraction of sp³-hybridized carbons (Fsp3) is 0.789. The molecule has 3 heterocycles. The number of aromatic nitrogens is 2. The van der Waals surface area contributed by atoms with E-state index in [4.69, 9.17) is 14.7 Å². The molecule has 24 heavy (non-hydrogen) atoms. The predicted molar refractivity (Wildman–Crippen MR) is 95.2 cm³/mol. The number of likely N-dealkylation sites (tertiary alicyclic amines) is 1. The quantitative estimate of drug-likeness (QED) is 0.899. The third kappa shape index (κ3) is 3.16. The second-order valence-corrected chi connectivity index (χ2v) is 8.44. The fourth-order valence-corrected chi connectivity index (χ4v) is 4.20. The number of ether oxygens (including phenoxy) is 1. The van der Waals surface area contributed by atoms with E-state index in [1.807, 2.05) is 0 Å². The Morgan fingerprint density at radius 1 is 1.33 bits per heavy atom. The Morgan fingerprint density at radius 2 is 2.17 bits per heavy atom. The first-order chi connectivity index (χ1) is 11.6. The zero-order valence-corrected chi connectivity index (χ0v) is 15.3. The van der Waals surface area contributed by atoms with E-state index in [2.05, 4.69) is 31.0 Å². The minimum absolute atomic E-state index is 0.0617. The van der Waals surface area contributed by atoms with Crippen molar-refractivity contribution in [3.8, 4) is 0 Å². The highest BCUT2D eigenvalue weighted by molar-refractivity contribution is 5.40. The molecule has 1 atom stereocenters. The van der Waals surface area contributed by atoms with Gasteiger partial charge in [0.05, 0.1) is 24.3 Å². The molecule has 1 N–H and O–H groups in total. The minimum atomic E-state index is 0.0617. The molecule has 0 aromatic carbocycles. The van der Waals surface area contributed by atoms with Crippen molar-refractivity contribution >= 4 is 5.95 Å². The first-order valence-corrected chi connectivity index (χ1v) is 9.48. The second-order valence-electron chi connectivity index (χ2n) is 8.44. The van der Waals surface area contributed by atoms with Crippen molar-refractivity contribution in [2.75, 3.05) is 38.1 Å². The van der Waals surface area contributed by atoms with Crippen LogP contribution in [0.25, 0.3) is 0 Å². The Morgan fingerprint density at radius 3 is 2.92 bits per heavy atom. The van der Waals surface area contributed by atoms with E-state index >= 15 is 0 Å². The van der Waals surface area contributed by atoms with Crippen LogP contribution in [0.5, 0.6) is 0 Å². The number of aryl methyl sites for hydroxylation is 1. The van der Waals surface area contributed by atoms with Crippen molar-refractivity contribution in [1.82, 2.24) is 14.9 Å². The Kier molecular flexibility index (Phi) is 4.25. The van der Waals surface area contributed by atoms with Crippen molar-refractivity contribution in [2.24, 2.45) is 11.8 Å². The maximum atomic E-state index is 5.99. The maximum absolute atomic E-state index is 5.99. The minimum Gasteiger partial charge on any atom is -0.376 e. The van der Waals surface area contributed by atoms with Gasteiger partial charge in [-0.15, -0.1) is 0 Å². The van der Waals surface area contributed by atoms with Gasteiger partial charge in [0, 0.05) is 30.9 Å². The lowest BCUT2D eigenvalue weighted by molar-refractivity contribution is 0.0497. The fourth-order valence-electron chi connectivity index (χ4n) is 4.20. The lowest BCUT2D eigenvalue weighted by atomic mass is 9.80. The van der Waals surface area contributed by atoms with Crippen LogP contribution >= 0.6 is 0 Å². The highest BCUT2D eigenvalue weighted by Crippen LogP contribution is 2.40. The zero-order valence-electron chi connectivity index (χ0n) is 15.3. The Balaban J connectivity index is 1.60. The van der Waals surface area contributed by atoms with Crippen molar-refractivity contribution in [3.63, 3.8) is 0 Å². The van der Waals surface area contributed by atoms with Gasteiger partial charge in [0.15, 0.2) is 0 Å². The van der Waals surface area contributed by atoms with Gasteiger partial charge in [-0.25, -0.2) is 9.97 Å². The molecule has 1 aromatic heterocycles. The monoisotopic (exact) mass is 330 g/mol. The van der Waals surface area contributed by atoms with E-state index < -0.39 is 0 Å². The molecule has 1 saturated carbocycles. The molecule has 1 spiro atoms. The van der Waals surface area contributed by atoms with Crippen LogP contribution in [0.4, 0.5) is 5.95 Å². The number of rotatable bonds is 5. The highest BCUT2D eigenvalue weighted by atomic mass is 16.5. The molecule has 2 fully saturated rings. The summed E-state index contributed by atoms with van der Waals surface area (Å²) in [6.45, 7) is 12.5. The van der Waals surface area contributed by atoms with Crippen LogP contribution in [0.1, 0.15) is 50.1 Å². The molecule has 1 aliphatic carbocycles. The molecule has 2 aliphatic heterocycles. The van der Waals surface area contributed by atoms with E-state index in [1.54, 1.807) is 0 Å². The molecule has 5 nitrogen and oxygen atoms in total. The van der Waals surface area contributed by atoms with E-state index in [0.717, 1.165) is 56.8 Å². The van der Waals surface area contributed by atoms with Crippen LogP contribution in [0.2, 0.25) is 0 Å². The van der Waals surface area contributed by atoms with Crippen LogP contribution < -0.4 is 5.32 Å². The Labute approximate surface area is 145 Å². The number of nitrogens with one attached hydrogen (secondary N) is 1. The van der Waals surface area contributed by atoms with E-state index in [1.165, 1.54) is 24.1 Å². The molecule has 5 heteroatoms. The van der Waals surface area contributed by atoms with Crippen molar-refractivity contribution in [1.29, 1.82) is 0 Å². The summed E-state index contributed by atoms with van der Waals surface area (Å²) in [7, 11) is 0. The van der Waals surface area contributed by atoms with Gasteiger partial charge >= 0.3 is 0 Å². The van der Waals surface area contributed by atoms with Crippen molar-refractivity contribution < 1.29 is 4.74 Å². The van der Waals surface area contributed by atoms with Gasteiger partial charge in [-0.1, -0.05) is 13.8 Å². The largest absolute Gasteiger partial charge is 0.376 e. The average Bonchev–Trinajstić information content (AvgIpc) is 3.28.